The van der Waals surface area contributed by atoms with Gasteiger partial charge in [0.2, 0.25) is 5.91 Å². The third-order valence-electron chi connectivity index (χ3n) is 3.23. The van der Waals surface area contributed by atoms with E-state index in [2.05, 4.69) is 5.32 Å². The van der Waals surface area contributed by atoms with Crippen LogP contribution in [0.25, 0.3) is 0 Å². The van der Waals surface area contributed by atoms with Crippen molar-refractivity contribution in [3.05, 3.63) is 23.8 Å². The maximum absolute atomic E-state index is 11.8. The fourth-order valence-corrected chi connectivity index (χ4v) is 3.36. The first kappa shape index (κ1) is 13.3. The summed E-state index contributed by atoms with van der Waals surface area (Å²) in [5, 5.41) is 3.55. The van der Waals surface area contributed by atoms with E-state index < -0.39 is 0 Å². The zero-order chi connectivity index (χ0) is 13.0. The van der Waals surface area contributed by atoms with E-state index in [0.717, 1.165) is 11.3 Å². The van der Waals surface area contributed by atoms with E-state index in [0.29, 0.717) is 16.7 Å². The number of thioether (sulfide) groups is 1. The number of nitrogen functional groups attached to an aromatic ring is 1. The molecular formula is C14H20N2OS. The molecule has 0 spiro atoms. The molecule has 18 heavy (non-hydrogen) atoms. The molecule has 3 nitrogen and oxygen atoms in total. The van der Waals surface area contributed by atoms with Gasteiger partial charge in [-0.05, 0) is 37.5 Å². The quantitative estimate of drug-likeness (QED) is 0.821. The van der Waals surface area contributed by atoms with E-state index in [1.807, 2.05) is 25.1 Å². The van der Waals surface area contributed by atoms with Gasteiger partial charge in [-0.15, -0.1) is 11.8 Å². The van der Waals surface area contributed by atoms with Gasteiger partial charge in [-0.2, -0.15) is 0 Å². The zero-order valence-corrected chi connectivity index (χ0v) is 11.6. The van der Waals surface area contributed by atoms with Gasteiger partial charge in [0.15, 0.2) is 0 Å². The minimum Gasteiger partial charge on any atom is -0.397 e. The van der Waals surface area contributed by atoms with Gasteiger partial charge in [0.25, 0.3) is 0 Å². The van der Waals surface area contributed by atoms with E-state index in [4.69, 9.17) is 5.73 Å². The first-order valence-corrected chi connectivity index (χ1v) is 7.47. The molecule has 3 N–H and O–H groups in total. The van der Waals surface area contributed by atoms with Crippen LogP contribution in [-0.4, -0.2) is 16.9 Å². The monoisotopic (exact) mass is 264 g/mol. The van der Waals surface area contributed by atoms with Gasteiger partial charge in [-0.25, -0.2) is 0 Å². The summed E-state index contributed by atoms with van der Waals surface area (Å²) >= 11 is 1.77. The molecule has 1 aromatic carbocycles. The molecule has 0 bridgehead atoms. The van der Waals surface area contributed by atoms with Crippen LogP contribution in [0.15, 0.2) is 18.2 Å². The fraction of sp³-hybridized carbons (Fsp3) is 0.500. The standard InChI is InChI=1S/C14H20N2OS/c1-10-6-7-13(12(15)8-10)16-14(17)9-18-11-4-2-3-5-11/h6-8,11H,2-5,9,15H2,1H3,(H,16,17). The minimum absolute atomic E-state index is 0.0439. The molecule has 1 aliphatic carbocycles. The van der Waals surface area contributed by atoms with Crippen molar-refractivity contribution in [1.29, 1.82) is 0 Å². The molecule has 0 aromatic heterocycles. The number of carbonyl (C=O) groups excluding carboxylic acids is 1. The molecule has 1 aromatic rings. The summed E-state index contributed by atoms with van der Waals surface area (Å²) in [6.07, 6.45) is 5.13. The van der Waals surface area contributed by atoms with Crippen molar-refractivity contribution >= 4 is 29.0 Å². The zero-order valence-electron chi connectivity index (χ0n) is 10.7. The summed E-state index contributed by atoms with van der Waals surface area (Å²) in [5.74, 6) is 0.570. The smallest absolute Gasteiger partial charge is 0.234 e. The Morgan fingerprint density at radius 2 is 2.17 bits per heavy atom. The number of hydrogen-bond acceptors (Lipinski definition) is 3. The second kappa shape index (κ2) is 6.14. The third-order valence-corrected chi connectivity index (χ3v) is 4.61. The lowest BCUT2D eigenvalue weighted by atomic mass is 10.2. The molecule has 0 atom stereocenters. The number of nitrogens with one attached hydrogen (secondary N) is 1. The average Bonchev–Trinajstić information content (AvgIpc) is 2.83. The van der Waals surface area contributed by atoms with Crippen molar-refractivity contribution in [2.24, 2.45) is 0 Å². The molecule has 1 amide bonds. The Balaban J connectivity index is 1.82. The van der Waals surface area contributed by atoms with Gasteiger partial charge in [0.1, 0.15) is 0 Å². The minimum atomic E-state index is 0.0439. The van der Waals surface area contributed by atoms with E-state index in [-0.39, 0.29) is 5.91 Å². The van der Waals surface area contributed by atoms with Crippen LogP contribution in [0.5, 0.6) is 0 Å². The molecule has 4 heteroatoms. The summed E-state index contributed by atoms with van der Waals surface area (Å²) < 4.78 is 0. The molecule has 98 valence electrons. The maximum atomic E-state index is 11.8. The summed E-state index contributed by atoms with van der Waals surface area (Å²) in [5.41, 5.74) is 8.32. The predicted molar refractivity (Wildman–Crippen MR) is 78.9 cm³/mol. The SMILES string of the molecule is Cc1ccc(NC(=O)CSC2CCCC2)c(N)c1. The topological polar surface area (TPSA) is 55.1 Å². The van der Waals surface area contributed by atoms with Gasteiger partial charge >= 0.3 is 0 Å². The Morgan fingerprint density at radius 1 is 1.44 bits per heavy atom. The Kier molecular flexibility index (Phi) is 4.53. The highest BCUT2D eigenvalue weighted by Gasteiger charge is 2.16. The number of benzene rings is 1. The lowest BCUT2D eigenvalue weighted by Gasteiger charge is -2.11. The van der Waals surface area contributed by atoms with E-state index in [1.165, 1.54) is 25.7 Å². The van der Waals surface area contributed by atoms with Crippen LogP contribution in [0.3, 0.4) is 0 Å². The highest BCUT2D eigenvalue weighted by atomic mass is 32.2. The Hall–Kier alpha value is -1.16. The van der Waals surface area contributed by atoms with Crippen molar-refractivity contribution in [3.63, 3.8) is 0 Å². The van der Waals surface area contributed by atoms with Crippen LogP contribution >= 0.6 is 11.8 Å². The number of carbonyl (C=O) groups is 1. The molecule has 1 aliphatic rings. The van der Waals surface area contributed by atoms with Crippen LogP contribution in [0.1, 0.15) is 31.2 Å². The number of amides is 1. The second-order valence-electron chi connectivity index (χ2n) is 4.86. The Morgan fingerprint density at radius 3 is 2.83 bits per heavy atom. The van der Waals surface area contributed by atoms with Crippen molar-refractivity contribution in [3.8, 4) is 0 Å². The number of rotatable bonds is 4. The lowest BCUT2D eigenvalue weighted by molar-refractivity contribution is -0.113. The molecule has 1 fully saturated rings. The summed E-state index contributed by atoms with van der Waals surface area (Å²) in [6, 6.07) is 5.69. The van der Waals surface area contributed by atoms with Crippen molar-refractivity contribution in [1.82, 2.24) is 0 Å². The number of hydrogen-bond donors (Lipinski definition) is 2. The van der Waals surface area contributed by atoms with Gasteiger partial charge in [-0.1, -0.05) is 18.9 Å². The number of anilines is 2. The van der Waals surface area contributed by atoms with Gasteiger partial charge in [0.05, 0.1) is 17.1 Å². The highest BCUT2D eigenvalue weighted by Crippen LogP contribution is 2.29. The predicted octanol–water partition coefficient (Wildman–Crippen LogP) is 3.19. The van der Waals surface area contributed by atoms with E-state index in [1.54, 1.807) is 11.8 Å². The number of nitrogens with two attached hydrogens (primary N) is 1. The van der Waals surface area contributed by atoms with Crippen LogP contribution < -0.4 is 11.1 Å². The van der Waals surface area contributed by atoms with Crippen molar-refractivity contribution in [2.75, 3.05) is 16.8 Å². The van der Waals surface area contributed by atoms with Crippen LogP contribution in [-0.2, 0) is 4.79 Å². The van der Waals surface area contributed by atoms with Crippen molar-refractivity contribution < 1.29 is 4.79 Å². The van der Waals surface area contributed by atoms with Gasteiger partial charge in [-0.3, -0.25) is 4.79 Å². The third kappa shape index (κ3) is 3.67. The molecule has 2 rings (SSSR count). The molecule has 1 saturated carbocycles. The highest BCUT2D eigenvalue weighted by molar-refractivity contribution is 8.00. The van der Waals surface area contributed by atoms with Crippen LogP contribution in [0, 0.1) is 6.92 Å². The summed E-state index contributed by atoms with van der Waals surface area (Å²) in [4.78, 5) is 11.8. The van der Waals surface area contributed by atoms with Crippen LogP contribution in [0.4, 0.5) is 11.4 Å². The molecule has 0 unspecified atom stereocenters. The normalized spacial score (nSPS) is 15.8. The van der Waals surface area contributed by atoms with E-state index >= 15 is 0 Å². The maximum Gasteiger partial charge on any atom is 0.234 e. The van der Waals surface area contributed by atoms with E-state index in [9.17, 15) is 4.79 Å². The van der Waals surface area contributed by atoms with Crippen molar-refractivity contribution in [2.45, 2.75) is 37.9 Å². The van der Waals surface area contributed by atoms with Gasteiger partial charge < -0.3 is 11.1 Å². The largest absolute Gasteiger partial charge is 0.397 e. The molecular weight excluding hydrogens is 244 g/mol. The second-order valence-corrected chi connectivity index (χ2v) is 6.15. The lowest BCUT2D eigenvalue weighted by Crippen LogP contribution is -2.16. The average molecular weight is 264 g/mol. The first-order chi connectivity index (χ1) is 8.65. The molecule has 0 heterocycles. The number of aryl methyl sites for hydroxylation is 1. The first-order valence-electron chi connectivity index (χ1n) is 6.43. The van der Waals surface area contributed by atoms with Crippen LogP contribution in [0.2, 0.25) is 0 Å². The molecule has 0 saturated heterocycles. The Bertz CT molecular complexity index is 428. The fourth-order valence-electron chi connectivity index (χ4n) is 2.23. The Labute approximate surface area is 113 Å². The molecule has 0 radical (unpaired) electrons. The summed E-state index contributed by atoms with van der Waals surface area (Å²) in [7, 11) is 0. The summed E-state index contributed by atoms with van der Waals surface area (Å²) in [6.45, 7) is 1.98. The van der Waals surface area contributed by atoms with Gasteiger partial charge in [0, 0.05) is 5.25 Å². The molecule has 0 aliphatic heterocycles.